The highest BCUT2D eigenvalue weighted by atomic mass is 31.2. The first-order valence-corrected chi connectivity index (χ1v) is 17.2. The van der Waals surface area contributed by atoms with Crippen LogP contribution >= 0.6 is 15.8 Å². The lowest BCUT2D eigenvalue weighted by atomic mass is 10.3. The van der Waals surface area contributed by atoms with Crippen molar-refractivity contribution in [2.24, 2.45) is 0 Å². The fourth-order valence-corrected chi connectivity index (χ4v) is 13.5. The van der Waals surface area contributed by atoms with Gasteiger partial charge in [0.05, 0.1) is 78.1 Å². The van der Waals surface area contributed by atoms with Gasteiger partial charge in [-0.05, 0) is 70.8 Å². The van der Waals surface area contributed by atoms with Crippen molar-refractivity contribution < 1.29 is 37.9 Å². The maximum Gasteiger partial charge on any atom is 0.130 e. The summed E-state index contributed by atoms with van der Waals surface area (Å²) in [7, 11) is 10.7. The molecule has 0 aromatic heterocycles. The quantitative estimate of drug-likeness (QED) is 0.144. The van der Waals surface area contributed by atoms with Crippen LogP contribution < -0.4 is 59.1 Å². The van der Waals surface area contributed by atoms with Crippen LogP contribution in [0.5, 0.6) is 46.0 Å². The Kier molecular flexibility index (Phi) is 12.0. The highest BCUT2D eigenvalue weighted by Gasteiger charge is 2.43. The van der Waals surface area contributed by atoms with Gasteiger partial charge in [-0.1, -0.05) is 31.2 Å². The van der Waals surface area contributed by atoms with Gasteiger partial charge < -0.3 is 37.9 Å². The van der Waals surface area contributed by atoms with E-state index in [1.807, 2.05) is 72.8 Å². The van der Waals surface area contributed by atoms with Crippen LogP contribution in [0.15, 0.2) is 72.8 Å². The summed E-state index contributed by atoms with van der Waals surface area (Å²) in [5.41, 5.74) is 0. The van der Waals surface area contributed by atoms with E-state index in [9.17, 15) is 0 Å². The van der Waals surface area contributed by atoms with Crippen molar-refractivity contribution in [1.29, 1.82) is 0 Å². The summed E-state index contributed by atoms with van der Waals surface area (Å²) in [6.07, 6.45) is 0.738. The summed E-state index contributed by atoms with van der Waals surface area (Å²) in [4.78, 5) is 0. The summed E-state index contributed by atoms with van der Waals surface area (Å²) < 4.78 is 48.5. The molecule has 4 rings (SSSR count). The number of rotatable bonds is 15. The topological polar surface area (TPSA) is 73.8 Å². The molecule has 45 heavy (non-hydrogen) atoms. The summed E-state index contributed by atoms with van der Waals surface area (Å²) in [5, 5.41) is 3.63. The van der Waals surface area contributed by atoms with Crippen LogP contribution in [0.2, 0.25) is 0 Å². The predicted octanol–water partition coefficient (Wildman–Crippen LogP) is 6.06. The Morgan fingerprint density at radius 3 is 0.689 bits per heavy atom. The molecule has 4 aromatic carbocycles. The standard InChI is InChI=1S/C35H42O8P2/c1-10-31(44(32-23(36-2)15-11-16-24(32)37-3)33-25(38-4)17-12-18-26(33)39-5)45(34-27(40-6)19-13-20-28(34)41-7)35-29(42-8)21-14-22-30(35)43-9/h11-22,31H,10H2,1-9H3. The zero-order valence-electron chi connectivity index (χ0n) is 27.4. The molecule has 0 aliphatic rings. The van der Waals surface area contributed by atoms with Gasteiger partial charge in [0.25, 0.3) is 0 Å². The minimum Gasteiger partial charge on any atom is -0.496 e. The Bertz CT molecular complexity index is 1260. The van der Waals surface area contributed by atoms with Crippen molar-refractivity contribution in [2.75, 3.05) is 56.9 Å². The normalized spacial score (nSPS) is 11.0. The van der Waals surface area contributed by atoms with Crippen LogP contribution in [0.1, 0.15) is 13.3 Å². The molecule has 0 spiro atoms. The van der Waals surface area contributed by atoms with E-state index in [1.54, 1.807) is 56.9 Å². The molecule has 10 heteroatoms. The average molecular weight is 653 g/mol. The Morgan fingerprint density at radius 2 is 0.556 bits per heavy atom. The maximum absolute atomic E-state index is 6.07. The van der Waals surface area contributed by atoms with Crippen molar-refractivity contribution in [3.63, 3.8) is 0 Å². The monoisotopic (exact) mass is 652 g/mol. The zero-order chi connectivity index (χ0) is 32.5. The Labute approximate surface area is 269 Å². The Hall–Kier alpha value is -3.86. The molecule has 0 aliphatic heterocycles. The number of ether oxygens (including phenoxy) is 8. The van der Waals surface area contributed by atoms with E-state index >= 15 is 0 Å². The van der Waals surface area contributed by atoms with Crippen molar-refractivity contribution in [3.8, 4) is 46.0 Å². The third kappa shape index (κ3) is 6.59. The average Bonchev–Trinajstić information content (AvgIpc) is 3.10. The predicted molar refractivity (Wildman–Crippen MR) is 185 cm³/mol. The molecule has 0 aliphatic carbocycles. The summed E-state index contributed by atoms with van der Waals surface area (Å²) in [6.45, 7) is 2.20. The van der Waals surface area contributed by atoms with Crippen LogP contribution in [0, 0.1) is 0 Å². The molecule has 0 unspecified atom stereocenters. The van der Waals surface area contributed by atoms with E-state index in [4.69, 9.17) is 37.9 Å². The van der Waals surface area contributed by atoms with Crippen LogP contribution in [-0.4, -0.2) is 62.3 Å². The molecular weight excluding hydrogens is 610 g/mol. The van der Waals surface area contributed by atoms with Crippen LogP contribution in [-0.2, 0) is 0 Å². The van der Waals surface area contributed by atoms with Gasteiger partial charge in [-0.15, -0.1) is 0 Å². The molecule has 4 aromatic rings. The number of hydrogen-bond acceptors (Lipinski definition) is 8. The third-order valence-electron chi connectivity index (χ3n) is 7.53. The molecule has 0 radical (unpaired) electrons. The second kappa shape index (κ2) is 15.9. The Morgan fingerprint density at radius 1 is 0.378 bits per heavy atom. The molecule has 0 atom stereocenters. The first-order valence-electron chi connectivity index (χ1n) is 14.4. The van der Waals surface area contributed by atoms with Gasteiger partial charge in [-0.3, -0.25) is 0 Å². The molecule has 0 saturated carbocycles. The lowest BCUT2D eigenvalue weighted by Gasteiger charge is -2.38. The van der Waals surface area contributed by atoms with E-state index in [2.05, 4.69) is 6.92 Å². The number of benzene rings is 4. The second-order valence-corrected chi connectivity index (χ2v) is 14.6. The maximum atomic E-state index is 6.07. The van der Waals surface area contributed by atoms with Gasteiger partial charge in [0.15, 0.2) is 0 Å². The van der Waals surface area contributed by atoms with E-state index < -0.39 is 15.8 Å². The summed E-state index contributed by atoms with van der Waals surface area (Å²) in [5.74, 6) is 5.67. The van der Waals surface area contributed by atoms with Gasteiger partial charge >= 0.3 is 0 Å². The zero-order valence-corrected chi connectivity index (χ0v) is 29.2. The number of methoxy groups -OCH3 is 8. The molecule has 0 heterocycles. The second-order valence-electron chi connectivity index (χ2n) is 9.67. The number of hydrogen-bond donors (Lipinski definition) is 0. The lowest BCUT2D eigenvalue weighted by molar-refractivity contribution is 0.399. The fourth-order valence-electron chi connectivity index (χ4n) is 5.58. The molecule has 0 fully saturated rings. The molecule has 0 N–H and O–H groups in total. The molecule has 8 nitrogen and oxygen atoms in total. The first-order chi connectivity index (χ1) is 22.0. The van der Waals surface area contributed by atoms with Gasteiger partial charge in [0.1, 0.15) is 46.0 Å². The van der Waals surface area contributed by atoms with Gasteiger partial charge in [0.2, 0.25) is 0 Å². The van der Waals surface area contributed by atoms with Crippen LogP contribution in [0.3, 0.4) is 0 Å². The van der Waals surface area contributed by atoms with E-state index in [0.29, 0.717) is 46.0 Å². The minimum atomic E-state index is -1.37. The van der Waals surface area contributed by atoms with Gasteiger partial charge in [-0.25, -0.2) is 0 Å². The fraction of sp³-hybridized carbons (Fsp3) is 0.314. The summed E-state index contributed by atoms with van der Waals surface area (Å²) in [6, 6.07) is 23.5. The molecule has 0 bridgehead atoms. The SMILES string of the molecule is CCC(P(c1c(OC)cccc1OC)c1c(OC)cccc1OC)P(c1c(OC)cccc1OC)c1c(OC)cccc1OC. The van der Waals surface area contributed by atoms with E-state index in [0.717, 1.165) is 27.6 Å². The molecular formula is C35H42O8P2. The third-order valence-corrected chi connectivity index (χ3v) is 14.5. The first kappa shape index (κ1) is 34.0. The molecule has 0 amide bonds. The van der Waals surface area contributed by atoms with E-state index in [1.165, 1.54) is 0 Å². The Balaban J connectivity index is 2.26. The smallest absolute Gasteiger partial charge is 0.130 e. The van der Waals surface area contributed by atoms with Crippen LogP contribution in [0.25, 0.3) is 0 Å². The molecule has 0 saturated heterocycles. The van der Waals surface area contributed by atoms with Crippen molar-refractivity contribution in [1.82, 2.24) is 0 Å². The minimum absolute atomic E-state index is 0.0965. The largest absolute Gasteiger partial charge is 0.496 e. The van der Waals surface area contributed by atoms with E-state index in [-0.39, 0.29) is 5.40 Å². The highest BCUT2D eigenvalue weighted by Crippen LogP contribution is 2.64. The summed E-state index contributed by atoms with van der Waals surface area (Å²) >= 11 is 0. The molecule has 240 valence electrons. The highest BCUT2D eigenvalue weighted by molar-refractivity contribution is 7.90. The van der Waals surface area contributed by atoms with Crippen LogP contribution in [0.4, 0.5) is 0 Å². The lowest BCUT2D eigenvalue weighted by Crippen LogP contribution is -2.31. The van der Waals surface area contributed by atoms with Gasteiger partial charge in [-0.2, -0.15) is 0 Å². The van der Waals surface area contributed by atoms with Crippen molar-refractivity contribution in [3.05, 3.63) is 72.8 Å². The van der Waals surface area contributed by atoms with Crippen molar-refractivity contribution in [2.45, 2.75) is 18.7 Å². The van der Waals surface area contributed by atoms with Crippen molar-refractivity contribution >= 4 is 37.1 Å². The van der Waals surface area contributed by atoms with Gasteiger partial charge in [0, 0.05) is 5.40 Å².